The van der Waals surface area contributed by atoms with E-state index in [2.05, 4.69) is 31.0 Å². The lowest BCUT2D eigenvalue weighted by atomic mass is 10.0. The van der Waals surface area contributed by atoms with Crippen molar-refractivity contribution in [1.82, 2.24) is 5.32 Å². The van der Waals surface area contributed by atoms with E-state index in [0.29, 0.717) is 18.0 Å². The van der Waals surface area contributed by atoms with Gasteiger partial charge in [0.1, 0.15) is 0 Å². The summed E-state index contributed by atoms with van der Waals surface area (Å²) in [5, 5.41) is 11.8. The molecule has 1 aliphatic rings. The van der Waals surface area contributed by atoms with Gasteiger partial charge in [-0.05, 0) is 42.5 Å². The van der Waals surface area contributed by atoms with Gasteiger partial charge in [-0.1, -0.05) is 25.7 Å². The van der Waals surface area contributed by atoms with Gasteiger partial charge < -0.3 is 10.4 Å². The zero-order valence-electron chi connectivity index (χ0n) is 12.3. The highest BCUT2D eigenvalue weighted by Gasteiger charge is 2.46. The van der Waals surface area contributed by atoms with E-state index in [0.717, 1.165) is 17.5 Å². The second kappa shape index (κ2) is 5.68. The van der Waals surface area contributed by atoms with Gasteiger partial charge >= 0.3 is 0 Å². The Morgan fingerprint density at radius 1 is 1.50 bits per heavy atom. The van der Waals surface area contributed by atoms with Crippen LogP contribution in [-0.2, 0) is 0 Å². The molecule has 2 rings (SSSR count). The zero-order valence-corrected chi connectivity index (χ0v) is 12.3. The van der Waals surface area contributed by atoms with Gasteiger partial charge in [-0.25, -0.2) is 0 Å². The minimum absolute atomic E-state index is 0.0152. The average Bonchev–Trinajstić information content (AvgIpc) is 2.98. The largest absolute Gasteiger partial charge is 0.395 e. The third kappa shape index (κ3) is 3.40. The molecule has 0 heterocycles. The van der Waals surface area contributed by atoms with Crippen LogP contribution in [0.5, 0.6) is 0 Å². The number of aliphatic hydroxyl groups excluding tert-OH is 1. The number of carbonyl (C=O) groups excluding carboxylic acids is 1. The molecule has 1 aromatic rings. The van der Waals surface area contributed by atoms with E-state index in [1.807, 2.05) is 19.1 Å². The van der Waals surface area contributed by atoms with Gasteiger partial charge in [0.05, 0.1) is 6.61 Å². The van der Waals surface area contributed by atoms with Gasteiger partial charge in [0, 0.05) is 23.6 Å². The molecule has 0 bridgehead atoms. The maximum atomic E-state index is 12.1. The SMILES string of the molecule is Cc1cc(C(=O)NC2CC2(C)C)ccc1C#CCCO. The third-order valence-electron chi connectivity index (χ3n) is 3.77. The Morgan fingerprint density at radius 2 is 2.20 bits per heavy atom. The van der Waals surface area contributed by atoms with Gasteiger partial charge in [0.25, 0.3) is 5.91 Å². The smallest absolute Gasteiger partial charge is 0.251 e. The van der Waals surface area contributed by atoms with E-state index in [9.17, 15) is 4.79 Å². The van der Waals surface area contributed by atoms with Crippen LogP contribution < -0.4 is 5.32 Å². The highest BCUT2D eigenvalue weighted by Crippen LogP contribution is 2.44. The Bertz CT molecular complexity index is 578. The molecule has 0 aliphatic heterocycles. The number of amides is 1. The minimum atomic E-state index is -0.0152. The molecule has 106 valence electrons. The van der Waals surface area contributed by atoms with Crippen molar-refractivity contribution in [3.63, 3.8) is 0 Å². The first-order chi connectivity index (χ1) is 9.44. The molecular formula is C17H21NO2. The van der Waals surface area contributed by atoms with Crippen LogP contribution in [0, 0.1) is 24.2 Å². The highest BCUT2D eigenvalue weighted by molar-refractivity contribution is 5.95. The normalized spacial score (nSPS) is 18.9. The van der Waals surface area contributed by atoms with Crippen molar-refractivity contribution in [2.45, 2.75) is 39.7 Å². The number of carbonyl (C=O) groups is 1. The summed E-state index contributed by atoms with van der Waals surface area (Å²) in [6, 6.07) is 5.83. The average molecular weight is 271 g/mol. The van der Waals surface area contributed by atoms with Gasteiger partial charge in [-0.3, -0.25) is 4.79 Å². The second-order valence-electron chi connectivity index (χ2n) is 6.02. The summed E-state index contributed by atoms with van der Waals surface area (Å²) in [6.07, 6.45) is 1.51. The van der Waals surface area contributed by atoms with Crippen LogP contribution in [0.4, 0.5) is 0 Å². The molecule has 1 aromatic carbocycles. The van der Waals surface area contributed by atoms with E-state index in [1.165, 1.54) is 0 Å². The van der Waals surface area contributed by atoms with Crippen molar-refractivity contribution < 1.29 is 9.90 Å². The van der Waals surface area contributed by atoms with Gasteiger partial charge in [-0.15, -0.1) is 0 Å². The molecule has 0 spiro atoms. The Morgan fingerprint density at radius 3 is 2.75 bits per heavy atom. The molecule has 2 N–H and O–H groups in total. The van der Waals surface area contributed by atoms with Crippen molar-refractivity contribution in [1.29, 1.82) is 0 Å². The summed E-state index contributed by atoms with van der Waals surface area (Å²) in [4.78, 5) is 12.1. The van der Waals surface area contributed by atoms with Crippen LogP contribution >= 0.6 is 0 Å². The van der Waals surface area contributed by atoms with Crippen molar-refractivity contribution in [2.75, 3.05) is 6.61 Å². The molecule has 0 aromatic heterocycles. The number of aliphatic hydroxyl groups is 1. The topological polar surface area (TPSA) is 49.3 Å². The molecule has 1 fully saturated rings. The van der Waals surface area contributed by atoms with Crippen LogP contribution in [0.1, 0.15) is 48.2 Å². The predicted molar refractivity (Wildman–Crippen MR) is 79.4 cm³/mol. The van der Waals surface area contributed by atoms with Gasteiger partial charge in [0.15, 0.2) is 0 Å². The number of nitrogens with one attached hydrogen (secondary N) is 1. The maximum Gasteiger partial charge on any atom is 0.251 e. The minimum Gasteiger partial charge on any atom is -0.395 e. The number of benzene rings is 1. The van der Waals surface area contributed by atoms with Crippen LogP contribution in [0.25, 0.3) is 0 Å². The summed E-state index contributed by atoms with van der Waals surface area (Å²) in [5.74, 6) is 5.88. The van der Waals surface area contributed by atoms with Crippen LogP contribution in [0.2, 0.25) is 0 Å². The van der Waals surface area contributed by atoms with Crippen molar-refractivity contribution >= 4 is 5.91 Å². The molecule has 1 saturated carbocycles. The fraction of sp³-hybridized carbons (Fsp3) is 0.471. The standard InChI is InChI=1S/C17H21NO2/c1-12-10-14(8-7-13(12)6-4-5-9-19)16(20)18-15-11-17(15,2)3/h7-8,10,15,19H,5,9,11H2,1-3H3,(H,18,20). The monoisotopic (exact) mass is 271 g/mol. The van der Waals surface area contributed by atoms with Gasteiger partial charge in [-0.2, -0.15) is 0 Å². The zero-order chi connectivity index (χ0) is 14.8. The van der Waals surface area contributed by atoms with Crippen LogP contribution in [0.15, 0.2) is 18.2 Å². The molecule has 1 unspecified atom stereocenters. The number of hydrogen-bond acceptors (Lipinski definition) is 2. The second-order valence-corrected chi connectivity index (χ2v) is 6.02. The van der Waals surface area contributed by atoms with Crippen LogP contribution in [-0.4, -0.2) is 23.7 Å². The number of aryl methyl sites for hydroxylation is 1. The third-order valence-corrected chi connectivity index (χ3v) is 3.77. The first-order valence-corrected chi connectivity index (χ1v) is 6.95. The molecule has 1 aliphatic carbocycles. The lowest BCUT2D eigenvalue weighted by Gasteiger charge is -2.08. The van der Waals surface area contributed by atoms with E-state index < -0.39 is 0 Å². The Kier molecular flexibility index (Phi) is 4.15. The van der Waals surface area contributed by atoms with Crippen LogP contribution in [0.3, 0.4) is 0 Å². The molecule has 3 nitrogen and oxygen atoms in total. The van der Waals surface area contributed by atoms with Crippen molar-refractivity contribution in [3.05, 3.63) is 34.9 Å². The first kappa shape index (κ1) is 14.6. The quantitative estimate of drug-likeness (QED) is 0.828. The molecule has 20 heavy (non-hydrogen) atoms. The molecule has 0 radical (unpaired) electrons. The molecule has 1 amide bonds. The fourth-order valence-electron chi connectivity index (χ4n) is 2.11. The Balaban J connectivity index is 2.05. The summed E-state index contributed by atoms with van der Waals surface area (Å²) >= 11 is 0. The predicted octanol–water partition coefficient (Wildman–Crippen LogP) is 2.26. The Hall–Kier alpha value is -1.79. The maximum absolute atomic E-state index is 12.1. The van der Waals surface area contributed by atoms with E-state index >= 15 is 0 Å². The lowest BCUT2D eigenvalue weighted by molar-refractivity contribution is 0.0946. The molecule has 3 heteroatoms. The first-order valence-electron chi connectivity index (χ1n) is 6.95. The molecule has 1 atom stereocenters. The van der Waals surface area contributed by atoms with E-state index in [-0.39, 0.29) is 17.9 Å². The summed E-state index contributed by atoms with van der Waals surface area (Å²) < 4.78 is 0. The van der Waals surface area contributed by atoms with E-state index in [4.69, 9.17) is 5.11 Å². The number of rotatable bonds is 3. The summed E-state index contributed by atoms with van der Waals surface area (Å²) in [5.41, 5.74) is 2.80. The number of hydrogen-bond donors (Lipinski definition) is 2. The van der Waals surface area contributed by atoms with Gasteiger partial charge in [0.2, 0.25) is 0 Å². The lowest BCUT2D eigenvalue weighted by Crippen LogP contribution is -2.28. The molecule has 0 saturated heterocycles. The van der Waals surface area contributed by atoms with Crippen molar-refractivity contribution in [2.24, 2.45) is 5.41 Å². The highest BCUT2D eigenvalue weighted by atomic mass is 16.2. The Labute approximate surface area is 120 Å². The fourth-order valence-corrected chi connectivity index (χ4v) is 2.11. The van der Waals surface area contributed by atoms with Crippen molar-refractivity contribution in [3.8, 4) is 11.8 Å². The molecular weight excluding hydrogens is 250 g/mol. The summed E-state index contributed by atoms with van der Waals surface area (Å²) in [7, 11) is 0. The van der Waals surface area contributed by atoms with E-state index in [1.54, 1.807) is 6.07 Å². The summed E-state index contributed by atoms with van der Waals surface area (Å²) in [6.45, 7) is 6.33.